The summed E-state index contributed by atoms with van der Waals surface area (Å²) in [7, 11) is -4.07. The smallest absolute Gasteiger partial charge is 0.263 e. The average Bonchev–Trinajstić information content (AvgIpc) is 2.74. The fourth-order valence-electron chi connectivity index (χ4n) is 1.37. The number of para-hydroxylation sites is 1. The summed E-state index contributed by atoms with van der Waals surface area (Å²) in [6, 6.07) is 5.08. The Balaban J connectivity index is 2.46. The van der Waals surface area contributed by atoms with Crippen LogP contribution in [0.1, 0.15) is 0 Å². The van der Waals surface area contributed by atoms with Crippen LogP contribution in [0.15, 0.2) is 39.8 Å². The molecule has 1 heterocycles. The number of nitrogens with zero attached hydrogens (tertiary/aromatic N) is 2. The second kappa shape index (κ2) is 4.97. The number of halogens is 1. The molecule has 100 valence electrons. The summed E-state index contributed by atoms with van der Waals surface area (Å²) in [6.07, 6.45) is 1.36. The summed E-state index contributed by atoms with van der Waals surface area (Å²) < 4.78 is 26.8. The van der Waals surface area contributed by atoms with Crippen LogP contribution in [0.5, 0.6) is 0 Å². The van der Waals surface area contributed by atoms with E-state index in [1.54, 1.807) is 0 Å². The second-order valence-electron chi connectivity index (χ2n) is 3.42. The molecule has 0 radical (unpaired) electrons. The van der Waals surface area contributed by atoms with Crippen LogP contribution in [-0.2, 0) is 10.0 Å². The van der Waals surface area contributed by atoms with E-state index >= 15 is 0 Å². The molecular weight excluding hydrogens is 340 g/mol. The molecule has 0 aliphatic heterocycles. The maximum atomic E-state index is 12.1. The van der Waals surface area contributed by atoms with Crippen LogP contribution in [-0.4, -0.2) is 23.5 Å². The minimum absolute atomic E-state index is 0.0955. The fourth-order valence-corrected chi connectivity index (χ4v) is 3.00. The summed E-state index contributed by atoms with van der Waals surface area (Å²) in [5.74, 6) is 0.0955. The maximum absolute atomic E-state index is 12.1. The number of aromatic nitrogens is 2. The van der Waals surface area contributed by atoms with Crippen molar-refractivity contribution in [2.75, 3.05) is 4.72 Å². The van der Waals surface area contributed by atoms with E-state index in [0.717, 1.165) is 12.1 Å². The number of benzene rings is 1. The van der Waals surface area contributed by atoms with Gasteiger partial charge in [0, 0.05) is 6.07 Å². The Morgan fingerprint density at radius 2 is 2.05 bits per heavy atom. The number of nitro benzene ring substituents is 1. The number of H-pyrrole nitrogens is 1. The number of rotatable bonds is 4. The van der Waals surface area contributed by atoms with Gasteiger partial charge in [-0.05, 0) is 22.0 Å². The van der Waals surface area contributed by atoms with Crippen molar-refractivity contribution >= 4 is 37.5 Å². The van der Waals surface area contributed by atoms with E-state index < -0.39 is 25.5 Å². The molecule has 2 N–H and O–H groups in total. The molecule has 8 nitrogen and oxygen atoms in total. The molecule has 0 fully saturated rings. The van der Waals surface area contributed by atoms with E-state index in [9.17, 15) is 18.5 Å². The van der Waals surface area contributed by atoms with Crippen LogP contribution in [0.4, 0.5) is 11.5 Å². The molecule has 2 rings (SSSR count). The Bertz CT molecular complexity index is 727. The Morgan fingerprint density at radius 1 is 1.37 bits per heavy atom. The Labute approximate surface area is 116 Å². The highest BCUT2D eigenvalue weighted by Gasteiger charge is 2.26. The molecule has 0 spiro atoms. The van der Waals surface area contributed by atoms with Gasteiger partial charge in [0.05, 0.1) is 15.6 Å². The molecule has 10 heteroatoms. The number of hydrogen-bond donors (Lipinski definition) is 2. The second-order valence-corrected chi connectivity index (χ2v) is 5.93. The minimum Gasteiger partial charge on any atom is -0.263 e. The van der Waals surface area contributed by atoms with Gasteiger partial charge in [0.1, 0.15) is 5.82 Å². The molecule has 1 aromatic heterocycles. The number of nitro groups is 1. The average molecular weight is 347 g/mol. The van der Waals surface area contributed by atoms with Crippen LogP contribution in [0.2, 0.25) is 0 Å². The van der Waals surface area contributed by atoms with Crippen molar-refractivity contribution in [3.63, 3.8) is 0 Å². The molecule has 0 bridgehead atoms. The first-order valence-electron chi connectivity index (χ1n) is 4.87. The van der Waals surface area contributed by atoms with Gasteiger partial charge < -0.3 is 0 Å². The minimum atomic E-state index is -4.07. The molecule has 0 atom stereocenters. The van der Waals surface area contributed by atoms with E-state index in [0.29, 0.717) is 4.47 Å². The highest BCUT2D eigenvalue weighted by molar-refractivity contribution is 9.10. The quantitative estimate of drug-likeness (QED) is 0.647. The molecule has 0 saturated heterocycles. The zero-order valence-corrected chi connectivity index (χ0v) is 11.6. The molecule has 0 aliphatic rings. The molecule has 0 unspecified atom stereocenters. The van der Waals surface area contributed by atoms with Gasteiger partial charge in [0.15, 0.2) is 4.90 Å². The number of aromatic amines is 1. The summed E-state index contributed by atoms with van der Waals surface area (Å²) in [5.41, 5.74) is -0.495. The number of anilines is 1. The predicted octanol–water partition coefficient (Wildman–Crippen LogP) is 1.88. The van der Waals surface area contributed by atoms with Crippen molar-refractivity contribution in [1.82, 2.24) is 10.2 Å². The number of hydrogen-bond acceptors (Lipinski definition) is 5. The normalized spacial score (nSPS) is 11.2. The van der Waals surface area contributed by atoms with Crippen LogP contribution in [0, 0.1) is 10.1 Å². The molecule has 0 amide bonds. The zero-order chi connectivity index (χ0) is 14.0. The van der Waals surface area contributed by atoms with E-state index in [2.05, 4.69) is 30.8 Å². The summed E-state index contributed by atoms with van der Waals surface area (Å²) in [4.78, 5) is 9.65. The first kappa shape index (κ1) is 13.5. The Morgan fingerprint density at radius 3 is 2.63 bits per heavy atom. The standard InChI is InChI=1S/C9H7BrN4O4S/c10-6-5-11-12-9(6)13-19(17,18)8-4-2-1-3-7(8)14(15)16/h1-5H,(H2,11,12,13). The van der Waals surface area contributed by atoms with Crippen molar-refractivity contribution in [1.29, 1.82) is 0 Å². The van der Waals surface area contributed by atoms with E-state index in [1.165, 1.54) is 18.3 Å². The third-order valence-electron chi connectivity index (χ3n) is 2.18. The predicted molar refractivity (Wildman–Crippen MR) is 70.2 cm³/mol. The monoisotopic (exact) mass is 346 g/mol. The third-order valence-corrected chi connectivity index (χ3v) is 4.18. The maximum Gasteiger partial charge on any atom is 0.289 e. The molecule has 1 aromatic carbocycles. The molecule has 19 heavy (non-hydrogen) atoms. The Kier molecular flexibility index (Phi) is 3.53. The first-order chi connectivity index (χ1) is 8.92. The topological polar surface area (TPSA) is 118 Å². The van der Waals surface area contributed by atoms with Crippen LogP contribution in [0.25, 0.3) is 0 Å². The highest BCUT2D eigenvalue weighted by atomic mass is 79.9. The van der Waals surface area contributed by atoms with Crippen LogP contribution < -0.4 is 4.72 Å². The van der Waals surface area contributed by atoms with E-state index in [1.807, 2.05) is 0 Å². The lowest BCUT2D eigenvalue weighted by atomic mass is 10.3. The van der Waals surface area contributed by atoms with E-state index in [4.69, 9.17) is 0 Å². The lowest BCUT2D eigenvalue weighted by Crippen LogP contribution is -2.15. The van der Waals surface area contributed by atoms with Crippen molar-refractivity contribution in [3.8, 4) is 0 Å². The van der Waals surface area contributed by atoms with Gasteiger partial charge in [-0.15, -0.1) is 0 Å². The van der Waals surface area contributed by atoms with Crippen LogP contribution >= 0.6 is 15.9 Å². The molecule has 2 aromatic rings. The SMILES string of the molecule is O=[N+]([O-])c1ccccc1S(=O)(=O)Nc1[nH]ncc1Br. The number of sulfonamides is 1. The van der Waals surface area contributed by atoms with Crippen molar-refractivity contribution < 1.29 is 13.3 Å². The zero-order valence-electron chi connectivity index (χ0n) is 9.20. The van der Waals surface area contributed by atoms with Crippen molar-refractivity contribution in [3.05, 3.63) is 45.0 Å². The molecular formula is C9H7BrN4O4S. The molecule has 0 aliphatic carbocycles. The summed E-state index contributed by atoms with van der Waals surface area (Å²) in [6.45, 7) is 0. The number of nitrogens with one attached hydrogen (secondary N) is 2. The highest BCUT2D eigenvalue weighted by Crippen LogP contribution is 2.27. The van der Waals surface area contributed by atoms with Gasteiger partial charge in [-0.1, -0.05) is 12.1 Å². The van der Waals surface area contributed by atoms with Crippen LogP contribution in [0.3, 0.4) is 0 Å². The largest absolute Gasteiger partial charge is 0.289 e. The molecule has 0 saturated carbocycles. The van der Waals surface area contributed by atoms with Gasteiger partial charge >= 0.3 is 0 Å². The first-order valence-corrected chi connectivity index (χ1v) is 7.14. The lowest BCUT2D eigenvalue weighted by Gasteiger charge is -2.06. The lowest BCUT2D eigenvalue weighted by molar-refractivity contribution is -0.387. The van der Waals surface area contributed by atoms with Gasteiger partial charge in [-0.2, -0.15) is 5.10 Å². The van der Waals surface area contributed by atoms with Crippen molar-refractivity contribution in [2.45, 2.75) is 4.90 Å². The third kappa shape index (κ3) is 2.74. The van der Waals surface area contributed by atoms with Gasteiger partial charge in [0.25, 0.3) is 15.7 Å². The Hall–Kier alpha value is -1.94. The fraction of sp³-hybridized carbons (Fsp3) is 0. The summed E-state index contributed by atoms with van der Waals surface area (Å²) >= 11 is 3.08. The summed E-state index contributed by atoms with van der Waals surface area (Å²) in [5, 5.41) is 16.9. The van der Waals surface area contributed by atoms with E-state index in [-0.39, 0.29) is 5.82 Å². The van der Waals surface area contributed by atoms with Gasteiger partial charge in [-0.25, -0.2) is 8.42 Å². The van der Waals surface area contributed by atoms with Crippen molar-refractivity contribution in [2.24, 2.45) is 0 Å². The van der Waals surface area contributed by atoms with Gasteiger partial charge in [-0.3, -0.25) is 19.9 Å². The van der Waals surface area contributed by atoms with Gasteiger partial charge in [0.2, 0.25) is 0 Å².